The minimum absolute atomic E-state index is 0.170. The molecule has 104 valence electrons. The van der Waals surface area contributed by atoms with Gasteiger partial charge in [-0.15, -0.1) is 0 Å². The summed E-state index contributed by atoms with van der Waals surface area (Å²) in [4.78, 5) is 4.10. The summed E-state index contributed by atoms with van der Waals surface area (Å²) in [6.45, 7) is 5.05. The lowest BCUT2D eigenvalue weighted by Gasteiger charge is -2.14. The zero-order valence-electron chi connectivity index (χ0n) is 11.1. The van der Waals surface area contributed by atoms with Gasteiger partial charge in [0.15, 0.2) is 15.7 Å². The number of rotatable bonds is 8. The molecule has 0 amide bonds. The maximum atomic E-state index is 11.1. The smallest absolute Gasteiger partial charge is 0.228 e. The van der Waals surface area contributed by atoms with E-state index >= 15 is 0 Å². The molecule has 0 saturated heterocycles. The molecule has 0 fully saturated rings. The van der Waals surface area contributed by atoms with E-state index in [4.69, 9.17) is 4.52 Å². The SMILES string of the molecule is CCCC(Cc1nc(CS(C)(=O)=O)no1)NCC. The van der Waals surface area contributed by atoms with Crippen molar-refractivity contribution in [2.24, 2.45) is 0 Å². The minimum Gasteiger partial charge on any atom is -0.339 e. The maximum Gasteiger partial charge on any atom is 0.228 e. The molecule has 0 aliphatic carbocycles. The molecule has 1 aromatic heterocycles. The Morgan fingerprint density at radius 3 is 2.67 bits per heavy atom. The first-order chi connectivity index (χ1) is 8.44. The Morgan fingerprint density at radius 1 is 1.39 bits per heavy atom. The summed E-state index contributed by atoms with van der Waals surface area (Å²) in [5, 5.41) is 7.03. The third-order valence-corrected chi connectivity index (χ3v) is 3.23. The molecule has 1 unspecified atom stereocenters. The van der Waals surface area contributed by atoms with E-state index in [9.17, 15) is 8.42 Å². The molecule has 1 atom stereocenters. The van der Waals surface area contributed by atoms with Gasteiger partial charge in [0.2, 0.25) is 5.89 Å². The Hall–Kier alpha value is -0.950. The van der Waals surface area contributed by atoms with Gasteiger partial charge in [0.1, 0.15) is 5.75 Å². The zero-order chi connectivity index (χ0) is 13.6. The van der Waals surface area contributed by atoms with Crippen molar-refractivity contribution >= 4 is 9.84 Å². The molecule has 0 saturated carbocycles. The molecular formula is C11H21N3O3S. The number of hydrogen-bond acceptors (Lipinski definition) is 6. The van der Waals surface area contributed by atoms with E-state index in [-0.39, 0.29) is 11.6 Å². The van der Waals surface area contributed by atoms with Crippen LogP contribution in [0.5, 0.6) is 0 Å². The fraction of sp³-hybridized carbons (Fsp3) is 0.818. The molecule has 0 aromatic carbocycles. The number of likely N-dealkylation sites (N-methyl/N-ethyl adjacent to an activating group) is 1. The van der Waals surface area contributed by atoms with E-state index in [1.54, 1.807) is 0 Å². The van der Waals surface area contributed by atoms with Gasteiger partial charge in [-0.05, 0) is 13.0 Å². The van der Waals surface area contributed by atoms with Crippen molar-refractivity contribution in [3.05, 3.63) is 11.7 Å². The van der Waals surface area contributed by atoms with Gasteiger partial charge >= 0.3 is 0 Å². The van der Waals surface area contributed by atoms with E-state index in [1.807, 2.05) is 6.92 Å². The van der Waals surface area contributed by atoms with Gasteiger partial charge in [0.25, 0.3) is 0 Å². The molecule has 1 heterocycles. The van der Waals surface area contributed by atoms with Crippen molar-refractivity contribution in [2.45, 2.75) is 44.9 Å². The predicted molar refractivity (Wildman–Crippen MR) is 68.9 cm³/mol. The first-order valence-electron chi connectivity index (χ1n) is 6.17. The molecule has 1 rings (SSSR count). The number of nitrogens with one attached hydrogen (secondary N) is 1. The summed E-state index contributed by atoms with van der Waals surface area (Å²) in [6, 6.07) is 0.298. The molecule has 6 nitrogen and oxygen atoms in total. The standard InChI is InChI=1S/C11H21N3O3S/c1-4-6-9(12-5-2)7-11-13-10(14-17-11)8-18(3,15)16/h9,12H,4-8H2,1-3H3. The lowest BCUT2D eigenvalue weighted by atomic mass is 10.1. The third kappa shape index (κ3) is 5.59. The average Bonchev–Trinajstić information content (AvgIpc) is 2.63. The van der Waals surface area contributed by atoms with Crippen LogP contribution in [0.4, 0.5) is 0 Å². The van der Waals surface area contributed by atoms with Crippen molar-refractivity contribution in [2.75, 3.05) is 12.8 Å². The number of nitrogens with zero attached hydrogens (tertiary/aromatic N) is 2. The quantitative estimate of drug-likeness (QED) is 0.760. The Bertz CT molecular complexity index is 450. The van der Waals surface area contributed by atoms with E-state index in [1.165, 1.54) is 0 Å². The summed E-state index contributed by atoms with van der Waals surface area (Å²) in [5.74, 6) is 0.558. The molecule has 0 bridgehead atoms. The zero-order valence-corrected chi connectivity index (χ0v) is 12.0. The van der Waals surface area contributed by atoms with Crippen LogP contribution in [0.25, 0.3) is 0 Å². The predicted octanol–water partition coefficient (Wildman–Crippen LogP) is 0.935. The highest BCUT2D eigenvalue weighted by atomic mass is 32.2. The molecule has 0 spiro atoms. The van der Waals surface area contributed by atoms with E-state index in [2.05, 4.69) is 22.4 Å². The average molecular weight is 275 g/mol. The summed E-state index contributed by atoms with van der Waals surface area (Å²) < 4.78 is 27.3. The van der Waals surface area contributed by atoms with Crippen molar-refractivity contribution in [3.8, 4) is 0 Å². The van der Waals surface area contributed by atoms with Crippen LogP contribution in [0.1, 0.15) is 38.4 Å². The lowest BCUT2D eigenvalue weighted by molar-refractivity contribution is 0.349. The minimum atomic E-state index is -3.11. The van der Waals surface area contributed by atoms with Crippen LogP contribution in [0.15, 0.2) is 4.52 Å². The van der Waals surface area contributed by atoms with Gasteiger partial charge in [-0.3, -0.25) is 0 Å². The van der Waals surface area contributed by atoms with Gasteiger partial charge in [-0.1, -0.05) is 25.4 Å². The van der Waals surface area contributed by atoms with Crippen LogP contribution < -0.4 is 5.32 Å². The van der Waals surface area contributed by atoms with Crippen molar-refractivity contribution < 1.29 is 12.9 Å². The third-order valence-electron chi connectivity index (χ3n) is 2.45. The van der Waals surface area contributed by atoms with E-state index in [0.29, 0.717) is 18.4 Å². The Morgan fingerprint density at radius 2 is 2.11 bits per heavy atom. The second-order valence-corrected chi connectivity index (χ2v) is 6.56. The molecular weight excluding hydrogens is 254 g/mol. The number of aromatic nitrogens is 2. The second-order valence-electron chi connectivity index (χ2n) is 4.42. The topological polar surface area (TPSA) is 85.1 Å². The Kier molecular flexibility index (Phi) is 5.74. The number of sulfone groups is 1. The fourth-order valence-corrected chi connectivity index (χ4v) is 2.38. The van der Waals surface area contributed by atoms with Crippen LogP contribution in [-0.2, 0) is 22.0 Å². The van der Waals surface area contributed by atoms with Crippen LogP contribution in [0.2, 0.25) is 0 Å². The van der Waals surface area contributed by atoms with Gasteiger partial charge in [-0.2, -0.15) is 4.98 Å². The van der Waals surface area contributed by atoms with Crippen LogP contribution >= 0.6 is 0 Å². The van der Waals surface area contributed by atoms with Gasteiger partial charge in [0, 0.05) is 18.7 Å². The summed E-state index contributed by atoms with van der Waals surface area (Å²) in [5.41, 5.74) is 0. The fourth-order valence-electron chi connectivity index (χ4n) is 1.79. The Labute approximate surface area is 108 Å². The highest BCUT2D eigenvalue weighted by Gasteiger charge is 2.15. The largest absolute Gasteiger partial charge is 0.339 e. The molecule has 18 heavy (non-hydrogen) atoms. The normalized spacial score (nSPS) is 13.7. The first kappa shape index (κ1) is 15.1. The highest BCUT2D eigenvalue weighted by Crippen LogP contribution is 2.07. The lowest BCUT2D eigenvalue weighted by Crippen LogP contribution is -2.30. The molecule has 0 radical (unpaired) electrons. The highest BCUT2D eigenvalue weighted by molar-refractivity contribution is 7.89. The maximum absolute atomic E-state index is 11.1. The van der Waals surface area contributed by atoms with Crippen LogP contribution in [0.3, 0.4) is 0 Å². The van der Waals surface area contributed by atoms with Crippen molar-refractivity contribution in [3.63, 3.8) is 0 Å². The summed E-state index contributed by atoms with van der Waals surface area (Å²) >= 11 is 0. The molecule has 1 N–H and O–H groups in total. The second kappa shape index (κ2) is 6.84. The van der Waals surface area contributed by atoms with E-state index in [0.717, 1.165) is 25.6 Å². The number of hydrogen-bond donors (Lipinski definition) is 1. The first-order valence-corrected chi connectivity index (χ1v) is 8.23. The molecule has 0 aliphatic heterocycles. The summed E-state index contributed by atoms with van der Waals surface area (Å²) in [7, 11) is -3.11. The van der Waals surface area contributed by atoms with Crippen molar-refractivity contribution in [1.82, 2.24) is 15.5 Å². The van der Waals surface area contributed by atoms with Gasteiger partial charge < -0.3 is 9.84 Å². The van der Waals surface area contributed by atoms with Crippen LogP contribution in [0, 0.1) is 0 Å². The van der Waals surface area contributed by atoms with Gasteiger partial charge in [0.05, 0.1) is 0 Å². The monoisotopic (exact) mass is 275 g/mol. The van der Waals surface area contributed by atoms with Gasteiger partial charge in [-0.25, -0.2) is 8.42 Å². The van der Waals surface area contributed by atoms with E-state index < -0.39 is 9.84 Å². The molecule has 0 aliphatic rings. The molecule has 7 heteroatoms. The van der Waals surface area contributed by atoms with Crippen molar-refractivity contribution in [1.29, 1.82) is 0 Å². The summed E-state index contributed by atoms with van der Waals surface area (Å²) in [6.07, 6.45) is 3.89. The Balaban J connectivity index is 2.61. The molecule has 1 aromatic rings. The van der Waals surface area contributed by atoms with Crippen LogP contribution in [-0.4, -0.2) is 37.4 Å².